The zero-order valence-corrected chi connectivity index (χ0v) is 11.0. The number of hydrogen-bond donors (Lipinski definition) is 1. The fourth-order valence-electron chi connectivity index (χ4n) is 2.44. The van der Waals surface area contributed by atoms with Crippen molar-refractivity contribution in [3.8, 4) is 0 Å². The van der Waals surface area contributed by atoms with Gasteiger partial charge in [-0.25, -0.2) is 0 Å². The van der Waals surface area contributed by atoms with E-state index < -0.39 is 0 Å². The van der Waals surface area contributed by atoms with Gasteiger partial charge in [0.15, 0.2) is 0 Å². The van der Waals surface area contributed by atoms with E-state index in [9.17, 15) is 4.79 Å². The molecule has 4 atom stereocenters. The molecule has 3 nitrogen and oxygen atoms in total. The van der Waals surface area contributed by atoms with E-state index in [0.29, 0.717) is 6.04 Å². The maximum atomic E-state index is 11.4. The monoisotopic (exact) mass is 227 g/mol. The lowest BCUT2D eigenvalue weighted by atomic mass is 9.85. The summed E-state index contributed by atoms with van der Waals surface area (Å²) in [6.45, 7) is 6.30. The van der Waals surface area contributed by atoms with E-state index in [2.05, 4.69) is 19.2 Å². The summed E-state index contributed by atoms with van der Waals surface area (Å²) in [5, 5.41) is 3.58. The molecule has 0 aromatic heterocycles. The van der Waals surface area contributed by atoms with Crippen LogP contribution in [0.15, 0.2) is 0 Å². The molecule has 0 aromatic rings. The predicted octanol–water partition coefficient (Wildman–Crippen LogP) is 2.35. The van der Waals surface area contributed by atoms with Crippen LogP contribution < -0.4 is 5.32 Å². The van der Waals surface area contributed by atoms with Gasteiger partial charge < -0.3 is 10.1 Å². The third-order valence-electron chi connectivity index (χ3n) is 3.91. The maximum absolute atomic E-state index is 11.4. The second-order valence-electron chi connectivity index (χ2n) is 5.14. The van der Waals surface area contributed by atoms with Crippen molar-refractivity contribution in [3.63, 3.8) is 0 Å². The standard InChI is InChI=1S/C13H25NO2/c1-9-7-5-6-8-12(9)14-11(3)10(2)13(15)16-4/h9-12,14H,5-8H2,1-4H3. The highest BCUT2D eigenvalue weighted by atomic mass is 16.5. The molecule has 1 aliphatic rings. The molecule has 3 heteroatoms. The van der Waals surface area contributed by atoms with Crippen molar-refractivity contribution >= 4 is 5.97 Å². The lowest BCUT2D eigenvalue weighted by molar-refractivity contribution is -0.145. The van der Waals surface area contributed by atoms with Gasteiger partial charge >= 0.3 is 5.97 Å². The van der Waals surface area contributed by atoms with Crippen molar-refractivity contribution in [3.05, 3.63) is 0 Å². The Morgan fingerprint density at radius 3 is 2.50 bits per heavy atom. The lowest BCUT2D eigenvalue weighted by Crippen LogP contribution is -2.46. The first kappa shape index (κ1) is 13.5. The minimum absolute atomic E-state index is 0.0703. The van der Waals surface area contributed by atoms with Crippen LogP contribution in [0.1, 0.15) is 46.5 Å². The molecule has 0 radical (unpaired) electrons. The molecule has 94 valence electrons. The number of nitrogens with one attached hydrogen (secondary N) is 1. The van der Waals surface area contributed by atoms with Gasteiger partial charge in [-0.2, -0.15) is 0 Å². The third-order valence-corrected chi connectivity index (χ3v) is 3.91. The summed E-state index contributed by atoms with van der Waals surface area (Å²) in [6, 6.07) is 0.758. The van der Waals surface area contributed by atoms with Crippen LogP contribution in [0.2, 0.25) is 0 Å². The van der Waals surface area contributed by atoms with Crippen LogP contribution in [-0.2, 0) is 9.53 Å². The number of methoxy groups -OCH3 is 1. The molecule has 1 rings (SSSR count). The Balaban J connectivity index is 2.43. The second-order valence-corrected chi connectivity index (χ2v) is 5.14. The zero-order valence-electron chi connectivity index (χ0n) is 11.0. The van der Waals surface area contributed by atoms with Crippen LogP contribution in [0.5, 0.6) is 0 Å². The SMILES string of the molecule is COC(=O)C(C)C(C)NC1CCCCC1C. The predicted molar refractivity (Wildman–Crippen MR) is 65.2 cm³/mol. The molecule has 0 spiro atoms. The molecule has 0 bridgehead atoms. The van der Waals surface area contributed by atoms with Crippen molar-refractivity contribution in [2.75, 3.05) is 7.11 Å². The first-order chi connectivity index (χ1) is 7.56. The summed E-state index contributed by atoms with van der Waals surface area (Å²) >= 11 is 0. The minimum atomic E-state index is -0.122. The van der Waals surface area contributed by atoms with E-state index in [0.717, 1.165) is 5.92 Å². The average Bonchev–Trinajstić information content (AvgIpc) is 2.30. The van der Waals surface area contributed by atoms with Crippen LogP contribution in [0.25, 0.3) is 0 Å². The van der Waals surface area contributed by atoms with Crippen molar-refractivity contribution in [2.24, 2.45) is 11.8 Å². The molecule has 1 saturated carbocycles. The molecule has 1 N–H and O–H groups in total. The molecule has 0 saturated heterocycles. The lowest BCUT2D eigenvalue weighted by Gasteiger charge is -2.33. The van der Waals surface area contributed by atoms with Crippen molar-refractivity contribution in [1.29, 1.82) is 0 Å². The topological polar surface area (TPSA) is 38.3 Å². The quantitative estimate of drug-likeness (QED) is 0.749. The van der Waals surface area contributed by atoms with Gasteiger partial charge in [0.05, 0.1) is 13.0 Å². The van der Waals surface area contributed by atoms with Crippen LogP contribution in [0.4, 0.5) is 0 Å². The molecule has 16 heavy (non-hydrogen) atoms. The van der Waals surface area contributed by atoms with Gasteiger partial charge in [-0.15, -0.1) is 0 Å². The van der Waals surface area contributed by atoms with E-state index in [1.165, 1.54) is 32.8 Å². The molecule has 4 unspecified atom stereocenters. The summed E-state index contributed by atoms with van der Waals surface area (Å²) in [5.41, 5.74) is 0. The van der Waals surface area contributed by atoms with E-state index in [1.807, 2.05) is 6.92 Å². The maximum Gasteiger partial charge on any atom is 0.309 e. The highest BCUT2D eigenvalue weighted by Gasteiger charge is 2.27. The summed E-state index contributed by atoms with van der Waals surface area (Å²) < 4.78 is 4.77. The Morgan fingerprint density at radius 2 is 1.94 bits per heavy atom. The van der Waals surface area contributed by atoms with E-state index in [-0.39, 0.29) is 17.9 Å². The molecular weight excluding hydrogens is 202 g/mol. The Hall–Kier alpha value is -0.570. The van der Waals surface area contributed by atoms with Crippen LogP contribution in [0, 0.1) is 11.8 Å². The molecule has 1 fully saturated rings. The van der Waals surface area contributed by atoms with Crippen LogP contribution in [0.3, 0.4) is 0 Å². The van der Waals surface area contributed by atoms with Gasteiger partial charge in [0.2, 0.25) is 0 Å². The van der Waals surface area contributed by atoms with E-state index in [4.69, 9.17) is 4.74 Å². The minimum Gasteiger partial charge on any atom is -0.469 e. The summed E-state index contributed by atoms with van der Waals surface area (Å²) in [5.74, 6) is 0.531. The molecular formula is C13H25NO2. The molecule has 0 heterocycles. The normalized spacial score (nSPS) is 29.5. The second kappa shape index (κ2) is 6.24. The zero-order chi connectivity index (χ0) is 12.1. The fraction of sp³-hybridized carbons (Fsp3) is 0.923. The summed E-state index contributed by atoms with van der Waals surface area (Å²) in [6.07, 6.45) is 5.19. The van der Waals surface area contributed by atoms with E-state index in [1.54, 1.807) is 0 Å². The molecule has 0 aliphatic heterocycles. The number of carbonyl (C=O) groups excluding carboxylic acids is 1. The number of rotatable bonds is 4. The number of carbonyl (C=O) groups is 1. The molecule has 1 aliphatic carbocycles. The average molecular weight is 227 g/mol. The van der Waals surface area contributed by atoms with Gasteiger partial charge in [0.25, 0.3) is 0 Å². The van der Waals surface area contributed by atoms with E-state index >= 15 is 0 Å². The van der Waals surface area contributed by atoms with Crippen molar-refractivity contribution < 1.29 is 9.53 Å². The van der Waals surface area contributed by atoms with Crippen LogP contribution >= 0.6 is 0 Å². The summed E-state index contributed by atoms with van der Waals surface area (Å²) in [4.78, 5) is 11.4. The summed E-state index contributed by atoms with van der Waals surface area (Å²) in [7, 11) is 1.45. The van der Waals surface area contributed by atoms with Crippen molar-refractivity contribution in [1.82, 2.24) is 5.32 Å². The Kier molecular flexibility index (Phi) is 5.26. The molecule has 0 aromatic carbocycles. The number of hydrogen-bond acceptors (Lipinski definition) is 3. The smallest absolute Gasteiger partial charge is 0.309 e. The highest BCUT2D eigenvalue weighted by molar-refractivity contribution is 5.72. The van der Waals surface area contributed by atoms with Crippen LogP contribution in [-0.4, -0.2) is 25.2 Å². The van der Waals surface area contributed by atoms with Gasteiger partial charge in [-0.3, -0.25) is 4.79 Å². The third kappa shape index (κ3) is 3.48. The highest BCUT2D eigenvalue weighted by Crippen LogP contribution is 2.24. The number of esters is 1. The molecule has 0 amide bonds. The largest absolute Gasteiger partial charge is 0.469 e. The Bertz CT molecular complexity index is 230. The van der Waals surface area contributed by atoms with Gasteiger partial charge in [0, 0.05) is 12.1 Å². The number of ether oxygens (including phenoxy) is 1. The van der Waals surface area contributed by atoms with Gasteiger partial charge in [-0.05, 0) is 25.7 Å². The van der Waals surface area contributed by atoms with Gasteiger partial charge in [-0.1, -0.05) is 26.7 Å². The first-order valence-corrected chi connectivity index (χ1v) is 6.40. The fourth-order valence-corrected chi connectivity index (χ4v) is 2.44. The van der Waals surface area contributed by atoms with Gasteiger partial charge in [0.1, 0.15) is 0 Å². The van der Waals surface area contributed by atoms with Crippen molar-refractivity contribution in [2.45, 2.75) is 58.5 Å². The first-order valence-electron chi connectivity index (χ1n) is 6.40. The Labute approximate surface area is 98.9 Å². The Morgan fingerprint density at radius 1 is 1.31 bits per heavy atom.